The van der Waals surface area contributed by atoms with Crippen molar-refractivity contribution in [3.63, 3.8) is 0 Å². The summed E-state index contributed by atoms with van der Waals surface area (Å²) in [7, 11) is 0. The number of carboxylic acids is 1. The number of nitrogens with zero attached hydrogens (tertiary/aromatic N) is 1. The van der Waals surface area contributed by atoms with Gasteiger partial charge in [-0.2, -0.15) is 0 Å². The Morgan fingerprint density at radius 1 is 1.50 bits per heavy atom. The van der Waals surface area contributed by atoms with Crippen LogP contribution in [0.1, 0.15) is 12.8 Å². The Hall–Kier alpha value is -0.610. The molecule has 0 radical (unpaired) electrons. The molecule has 12 heavy (non-hydrogen) atoms. The van der Waals surface area contributed by atoms with Gasteiger partial charge in [-0.05, 0) is 12.8 Å². The largest absolute Gasteiger partial charge is 0.480 e. The molecule has 1 saturated carbocycles. The number of hydrogen-bond acceptors (Lipinski definition) is 3. The summed E-state index contributed by atoms with van der Waals surface area (Å²) in [5, 5.41) is 11.4. The van der Waals surface area contributed by atoms with Crippen LogP contribution in [0.2, 0.25) is 0 Å². The molecule has 4 nitrogen and oxygen atoms in total. The molecule has 0 aromatic carbocycles. The molecule has 2 N–H and O–H groups in total. The molecular weight excluding hydrogens is 156 g/mol. The first-order valence-electron chi connectivity index (χ1n) is 4.45. The Labute approximate surface area is 71.5 Å². The zero-order valence-corrected chi connectivity index (χ0v) is 6.99. The molecule has 0 atom stereocenters. The van der Waals surface area contributed by atoms with E-state index in [2.05, 4.69) is 10.2 Å². The lowest BCUT2D eigenvalue weighted by atomic mass is 10.1. The van der Waals surface area contributed by atoms with Gasteiger partial charge >= 0.3 is 5.97 Å². The number of rotatable bonds is 4. The number of nitrogens with one attached hydrogen (secondary N) is 1. The quantitative estimate of drug-likeness (QED) is 0.597. The fourth-order valence-electron chi connectivity index (χ4n) is 1.61. The van der Waals surface area contributed by atoms with Gasteiger partial charge in [0.25, 0.3) is 0 Å². The standard InChI is InChI=1S/C8H14N2O2/c11-8(12)3-9-6-4-10(5-6)7-1-2-7/h6-7,9H,1-5H2,(H,11,12). The van der Waals surface area contributed by atoms with Crippen molar-refractivity contribution in [3.8, 4) is 0 Å². The predicted octanol–water partition coefficient (Wildman–Crippen LogP) is -0.493. The summed E-state index contributed by atoms with van der Waals surface area (Å²) in [6.07, 6.45) is 2.68. The van der Waals surface area contributed by atoms with Crippen molar-refractivity contribution in [2.45, 2.75) is 24.9 Å². The van der Waals surface area contributed by atoms with E-state index in [1.165, 1.54) is 12.8 Å². The Morgan fingerprint density at radius 3 is 2.67 bits per heavy atom. The van der Waals surface area contributed by atoms with Crippen molar-refractivity contribution in [1.29, 1.82) is 0 Å². The topological polar surface area (TPSA) is 52.6 Å². The summed E-state index contributed by atoms with van der Waals surface area (Å²) < 4.78 is 0. The maximum Gasteiger partial charge on any atom is 0.317 e. The van der Waals surface area contributed by atoms with Gasteiger partial charge in [0.1, 0.15) is 0 Å². The molecule has 0 bridgehead atoms. The normalized spacial score (nSPS) is 25.3. The lowest BCUT2D eigenvalue weighted by molar-refractivity contribution is -0.136. The maximum atomic E-state index is 10.2. The Kier molecular flexibility index (Phi) is 2.02. The number of hydrogen-bond donors (Lipinski definition) is 2. The van der Waals surface area contributed by atoms with Crippen molar-refractivity contribution >= 4 is 5.97 Å². The highest BCUT2D eigenvalue weighted by atomic mass is 16.4. The van der Waals surface area contributed by atoms with Crippen LogP contribution in [0.5, 0.6) is 0 Å². The zero-order valence-electron chi connectivity index (χ0n) is 6.99. The van der Waals surface area contributed by atoms with Gasteiger partial charge in [-0.15, -0.1) is 0 Å². The number of carbonyl (C=O) groups is 1. The first kappa shape index (κ1) is 8.01. The molecule has 0 spiro atoms. The second-order valence-corrected chi connectivity index (χ2v) is 3.66. The van der Waals surface area contributed by atoms with Gasteiger partial charge in [0.05, 0.1) is 6.54 Å². The monoisotopic (exact) mass is 170 g/mol. The Morgan fingerprint density at radius 2 is 2.17 bits per heavy atom. The lowest BCUT2D eigenvalue weighted by Gasteiger charge is -2.39. The highest BCUT2D eigenvalue weighted by Gasteiger charge is 2.37. The van der Waals surface area contributed by atoms with Crippen molar-refractivity contribution in [3.05, 3.63) is 0 Å². The van der Waals surface area contributed by atoms with E-state index in [-0.39, 0.29) is 6.54 Å². The minimum atomic E-state index is -0.764. The molecule has 0 aromatic rings. The third-order valence-electron chi connectivity index (χ3n) is 2.52. The van der Waals surface area contributed by atoms with Crippen LogP contribution in [-0.4, -0.2) is 47.7 Å². The molecule has 1 saturated heterocycles. The minimum absolute atomic E-state index is 0.100. The number of carboxylic acid groups (broad SMARTS) is 1. The zero-order chi connectivity index (χ0) is 8.55. The van der Waals surface area contributed by atoms with E-state index in [9.17, 15) is 4.79 Å². The highest BCUT2D eigenvalue weighted by Crippen LogP contribution is 2.30. The molecule has 4 heteroatoms. The third-order valence-corrected chi connectivity index (χ3v) is 2.52. The first-order chi connectivity index (χ1) is 5.75. The fraction of sp³-hybridized carbons (Fsp3) is 0.875. The molecule has 2 rings (SSSR count). The van der Waals surface area contributed by atoms with Crippen LogP contribution in [0.4, 0.5) is 0 Å². The van der Waals surface area contributed by atoms with E-state index in [4.69, 9.17) is 5.11 Å². The Bertz CT molecular complexity index is 185. The van der Waals surface area contributed by atoms with Crippen molar-refractivity contribution in [2.75, 3.05) is 19.6 Å². The minimum Gasteiger partial charge on any atom is -0.480 e. The molecule has 1 aliphatic heterocycles. The summed E-state index contributed by atoms with van der Waals surface area (Å²) in [6, 6.07) is 1.24. The average molecular weight is 170 g/mol. The van der Waals surface area contributed by atoms with Crippen LogP contribution in [-0.2, 0) is 4.79 Å². The molecule has 0 unspecified atom stereocenters. The third kappa shape index (κ3) is 1.76. The SMILES string of the molecule is O=C(O)CNC1CN(C2CC2)C1. The summed E-state index contributed by atoms with van der Waals surface area (Å²) in [5.74, 6) is -0.764. The van der Waals surface area contributed by atoms with E-state index in [1.807, 2.05) is 0 Å². The van der Waals surface area contributed by atoms with E-state index in [0.29, 0.717) is 6.04 Å². The summed E-state index contributed by atoms with van der Waals surface area (Å²) in [5.41, 5.74) is 0. The second kappa shape index (κ2) is 3.03. The smallest absolute Gasteiger partial charge is 0.317 e. The van der Waals surface area contributed by atoms with Gasteiger partial charge in [0.15, 0.2) is 0 Å². The number of aliphatic carboxylic acids is 1. The molecule has 2 fully saturated rings. The molecule has 1 aliphatic carbocycles. The molecule has 68 valence electrons. The summed E-state index contributed by atoms with van der Waals surface area (Å²) >= 11 is 0. The molecular formula is C8H14N2O2. The summed E-state index contributed by atoms with van der Waals surface area (Å²) in [6.45, 7) is 2.18. The Balaban J connectivity index is 1.58. The van der Waals surface area contributed by atoms with Crippen molar-refractivity contribution < 1.29 is 9.90 Å². The van der Waals surface area contributed by atoms with E-state index < -0.39 is 5.97 Å². The molecule has 0 amide bonds. The van der Waals surface area contributed by atoms with E-state index in [0.717, 1.165) is 19.1 Å². The van der Waals surface area contributed by atoms with Crippen LogP contribution in [0.15, 0.2) is 0 Å². The molecule has 2 aliphatic rings. The average Bonchev–Trinajstić information content (AvgIpc) is 2.66. The van der Waals surface area contributed by atoms with Crippen LogP contribution >= 0.6 is 0 Å². The highest BCUT2D eigenvalue weighted by molar-refractivity contribution is 5.69. The van der Waals surface area contributed by atoms with Gasteiger partial charge in [-0.3, -0.25) is 9.69 Å². The summed E-state index contributed by atoms with van der Waals surface area (Å²) in [4.78, 5) is 12.6. The van der Waals surface area contributed by atoms with Crippen LogP contribution in [0.3, 0.4) is 0 Å². The van der Waals surface area contributed by atoms with Crippen LogP contribution in [0, 0.1) is 0 Å². The molecule has 1 heterocycles. The molecule has 0 aromatic heterocycles. The van der Waals surface area contributed by atoms with Gasteiger partial charge < -0.3 is 10.4 Å². The fourth-order valence-corrected chi connectivity index (χ4v) is 1.61. The van der Waals surface area contributed by atoms with Gasteiger partial charge in [-0.25, -0.2) is 0 Å². The van der Waals surface area contributed by atoms with Gasteiger partial charge in [0, 0.05) is 25.2 Å². The van der Waals surface area contributed by atoms with Crippen LogP contribution in [0.25, 0.3) is 0 Å². The first-order valence-corrected chi connectivity index (χ1v) is 4.45. The van der Waals surface area contributed by atoms with Gasteiger partial charge in [0.2, 0.25) is 0 Å². The van der Waals surface area contributed by atoms with E-state index in [1.54, 1.807) is 0 Å². The van der Waals surface area contributed by atoms with E-state index >= 15 is 0 Å². The lowest BCUT2D eigenvalue weighted by Crippen LogP contribution is -2.59. The number of likely N-dealkylation sites (tertiary alicyclic amines) is 1. The van der Waals surface area contributed by atoms with Gasteiger partial charge in [-0.1, -0.05) is 0 Å². The van der Waals surface area contributed by atoms with Crippen LogP contribution < -0.4 is 5.32 Å². The van der Waals surface area contributed by atoms with Crippen molar-refractivity contribution in [2.24, 2.45) is 0 Å². The second-order valence-electron chi connectivity index (χ2n) is 3.66. The predicted molar refractivity (Wildman–Crippen MR) is 44.0 cm³/mol. The van der Waals surface area contributed by atoms with Crippen molar-refractivity contribution in [1.82, 2.24) is 10.2 Å². The maximum absolute atomic E-state index is 10.2.